The molecule has 0 saturated heterocycles. The summed E-state index contributed by atoms with van der Waals surface area (Å²) in [5.74, 6) is -1.06. The van der Waals surface area contributed by atoms with Crippen LogP contribution in [0.5, 0.6) is 17.2 Å². The highest BCUT2D eigenvalue weighted by molar-refractivity contribution is 5.77. The molecular weight excluding hydrogens is 364 g/mol. The van der Waals surface area contributed by atoms with E-state index in [1.807, 2.05) is 19.0 Å². The Balaban J connectivity index is 2.42. The number of nitrogens with zero attached hydrogens (tertiary/aromatic N) is 1. The average molecular weight is 390 g/mol. The van der Waals surface area contributed by atoms with Crippen molar-refractivity contribution in [3.63, 3.8) is 0 Å². The van der Waals surface area contributed by atoms with E-state index in [1.165, 1.54) is 19.2 Å². The maximum absolute atomic E-state index is 12.5. The highest BCUT2D eigenvalue weighted by Gasteiger charge is 2.26. The van der Waals surface area contributed by atoms with Gasteiger partial charge < -0.3 is 29.6 Å². The summed E-state index contributed by atoms with van der Waals surface area (Å²) in [5, 5.41) is 22.9. The van der Waals surface area contributed by atoms with Crippen LogP contribution in [0.2, 0.25) is 0 Å². The van der Waals surface area contributed by atoms with Crippen molar-refractivity contribution >= 4 is 5.91 Å². The van der Waals surface area contributed by atoms with E-state index in [0.29, 0.717) is 24.4 Å². The lowest BCUT2D eigenvalue weighted by molar-refractivity contribution is -0.121. The molecule has 28 heavy (non-hydrogen) atoms. The first-order valence-electron chi connectivity index (χ1n) is 8.84. The van der Waals surface area contributed by atoms with E-state index in [1.54, 1.807) is 19.1 Å². The van der Waals surface area contributed by atoms with Crippen LogP contribution in [0, 0.1) is 6.92 Å². The molecule has 8 nitrogen and oxygen atoms in total. The van der Waals surface area contributed by atoms with E-state index in [-0.39, 0.29) is 29.6 Å². The van der Waals surface area contributed by atoms with Crippen LogP contribution in [0.1, 0.15) is 29.4 Å². The number of aryl methyl sites for hydroxylation is 1. The quantitative estimate of drug-likeness (QED) is 0.627. The molecule has 0 aliphatic carbocycles. The number of carbonyl (C=O) groups excluding carboxylic acids is 1. The molecular formula is C20H26N2O6. The van der Waals surface area contributed by atoms with Gasteiger partial charge in [0, 0.05) is 25.6 Å². The molecule has 8 heteroatoms. The van der Waals surface area contributed by atoms with Gasteiger partial charge in [0.2, 0.25) is 17.1 Å². The van der Waals surface area contributed by atoms with Gasteiger partial charge in [-0.25, -0.2) is 0 Å². The lowest BCUT2D eigenvalue weighted by Gasteiger charge is -2.19. The van der Waals surface area contributed by atoms with Crippen molar-refractivity contribution in [2.75, 3.05) is 34.3 Å². The number of hydrogen-bond acceptors (Lipinski definition) is 7. The Morgan fingerprint density at radius 1 is 1.29 bits per heavy atom. The SMILES string of the molecule is COc1cc(C(CC(=O)NCCN(C)C)c2oc(C)cc(=O)c2O)ccc1O. The van der Waals surface area contributed by atoms with Crippen LogP contribution in [-0.4, -0.2) is 55.3 Å². The summed E-state index contributed by atoms with van der Waals surface area (Å²) in [5.41, 5.74) is -0.0241. The van der Waals surface area contributed by atoms with E-state index in [4.69, 9.17) is 9.15 Å². The first-order chi connectivity index (χ1) is 13.2. The van der Waals surface area contributed by atoms with Crippen molar-refractivity contribution in [1.29, 1.82) is 0 Å². The van der Waals surface area contributed by atoms with Gasteiger partial charge >= 0.3 is 0 Å². The zero-order valence-corrected chi connectivity index (χ0v) is 16.5. The van der Waals surface area contributed by atoms with Gasteiger partial charge in [-0.3, -0.25) is 9.59 Å². The van der Waals surface area contributed by atoms with E-state index in [0.717, 1.165) is 0 Å². The molecule has 1 unspecified atom stereocenters. The van der Waals surface area contributed by atoms with Crippen LogP contribution in [0.3, 0.4) is 0 Å². The number of nitrogens with one attached hydrogen (secondary N) is 1. The zero-order valence-electron chi connectivity index (χ0n) is 16.5. The molecule has 0 fully saturated rings. The monoisotopic (exact) mass is 390 g/mol. The van der Waals surface area contributed by atoms with Gasteiger partial charge in [0.05, 0.1) is 13.0 Å². The van der Waals surface area contributed by atoms with Crippen LogP contribution in [0.4, 0.5) is 0 Å². The van der Waals surface area contributed by atoms with Crippen LogP contribution in [0.15, 0.2) is 33.5 Å². The summed E-state index contributed by atoms with van der Waals surface area (Å²) in [6.45, 7) is 2.73. The summed E-state index contributed by atoms with van der Waals surface area (Å²) in [7, 11) is 5.21. The van der Waals surface area contributed by atoms with Crippen LogP contribution in [0.25, 0.3) is 0 Å². The number of aromatic hydroxyl groups is 2. The first kappa shape index (κ1) is 21.3. The molecule has 2 rings (SSSR count). The van der Waals surface area contributed by atoms with Crippen molar-refractivity contribution in [2.24, 2.45) is 0 Å². The largest absolute Gasteiger partial charge is 0.504 e. The molecule has 1 amide bonds. The number of rotatable bonds is 8. The summed E-state index contributed by atoms with van der Waals surface area (Å²) in [6, 6.07) is 5.76. The minimum absolute atomic E-state index is 0.000465. The third-order valence-corrected chi connectivity index (χ3v) is 4.27. The second-order valence-corrected chi connectivity index (χ2v) is 6.78. The number of benzene rings is 1. The topological polar surface area (TPSA) is 112 Å². The molecule has 1 aromatic heterocycles. The third-order valence-electron chi connectivity index (χ3n) is 4.27. The third kappa shape index (κ3) is 5.26. The molecule has 152 valence electrons. The van der Waals surface area contributed by atoms with E-state index < -0.39 is 17.1 Å². The maximum atomic E-state index is 12.5. The van der Waals surface area contributed by atoms with Crippen molar-refractivity contribution in [2.45, 2.75) is 19.3 Å². The molecule has 1 atom stereocenters. The maximum Gasteiger partial charge on any atom is 0.227 e. The van der Waals surface area contributed by atoms with Crippen LogP contribution < -0.4 is 15.5 Å². The minimum atomic E-state index is -0.735. The van der Waals surface area contributed by atoms with Gasteiger partial charge in [-0.1, -0.05) is 6.07 Å². The summed E-state index contributed by atoms with van der Waals surface area (Å²) >= 11 is 0. The first-order valence-corrected chi connectivity index (χ1v) is 8.84. The standard InChI is InChI=1S/C20H26N2O6/c1-12-9-16(24)19(26)20(28-12)14(11-18(25)21-7-8-22(2)3)13-5-6-15(23)17(10-13)27-4/h5-6,9-10,14,23,26H,7-8,11H2,1-4H3,(H,21,25). The van der Waals surface area contributed by atoms with Gasteiger partial charge in [-0.2, -0.15) is 0 Å². The molecule has 0 saturated carbocycles. The van der Waals surface area contributed by atoms with Gasteiger partial charge in [-0.15, -0.1) is 0 Å². The van der Waals surface area contributed by atoms with E-state index >= 15 is 0 Å². The Hall–Kier alpha value is -3.00. The second kappa shape index (κ2) is 9.27. The Kier molecular flexibility index (Phi) is 7.06. The van der Waals surface area contributed by atoms with Gasteiger partial charge in [0.15, 0.2) is 17.3 Å². The highest BCUT2D eigenvalue weighted by Crippen LogP contribution is 2.37. The molecule has 0 aliphatic rings. The molecule has 0 radical (unpaired) electrons. The zero-order chi connectivity index (χ0) is 20.8. The van der Waals surface area contributed by atoms with Crippen molar-refractivity contribution in [3.8, 4) is 17.2 Å². The average Bonchev–Trinajstić information content (AvgIpc) is 2.63. The molecule has 0 spiro atoms. The molecule has 0 aliphatic heterocycles. The smallest absolute Gasteiger partial charge is 0.227 e. The van der Waals surface area contributed by atoms with Gasteiger partial charge in [0.1, 0.15) is 5.76 Å². The number of phenols is 1. The lowest BCUT2D eigenvalue weighted by atomic mass is 9.91. The Morgan fingerprint density at radius 3 is 2.64 bits per heavy atom. The summed E-state index contributed by atoms with van der Waals surface area (Å²) < 4.78 is 10.7. The number of likely N-dealkylation sites (N-methyl/N-ethyl adjacent to an activating group) is 1. The number of amides is 1. The van der Waals surface area contributed by atoms with Gasteiger partial charge in [-0.05, 0) is 38.7 Å². The molecule has 2 aromatic rings. The van der Waals surface area contributed by atoms with Crippen molar-refractivity contribution in [1.82, 2.24) is 10.2 Å². The number of ether oxygens (including phenoxy) is 1. The fraction of sp³-hybridized carbons (Fsp3) is 0.400. The Labute approximate surface area is 163 Å². The molecule has 0 bridgehead atoms. The molecule has 1 heterocycles. The van der Waals surface area contributed by atoms with Gasteiger partial charge in [0.25, 0.3) is 0 Å². The van der Waals surface area contributed by atoms with Crippen molar-refractivity contribution in [3.05, 3.63) is 51.6 Å². The predicted octanol–water partition coefficient (Wildman–Crippen LogP) is 1.57. The van der Waals surface area contributed by atoms with E-state index in [2.05, 4.69) is 5.32 Å². The lowest BCUT2D eigenvalue weighted by Crippen LogP contribution is -2.32. The highest BCUT2D eigenvalue weighted by atomic mass is 16.5. The summed E-state index contributed by atoms with van der Waals surface area (Å²) in [4.78, 5) is 26.4. The number of methoxy groups -OCH3 is 1. The molecule has 3 N–H and O–H groups in total. The summed E-state index contributed by atoms with van der Waals surface area (Å²) in [6.07, 6.45) is -0.0543. The Morgan fingerprint density at radius 2 is 2.00 bits per heavy atom. The fourth-order valence-corrected chi connectivity index (χ4v) is 2.81. The van der Waals surface area contributed by atoms with Crippen molar-refractivity contribution < 1.29 is 24.2 Å². The fourth-order valence-electron chi connectivity index (χ4n) is 2.81. The number of carbonyl (C=O) groups is 1. The van der Waals surface area contributed by atoms with Crippen LogP contribution >= 0.6 is 0 Å². The minimum Gasteiger partial charge on any atom is -0.504 e. The van der Waals surface area contributed by atoms with Crippen LogP contribution in [-0.2, 0) is 4.79 Å². The predicted molar refractivity (Wildman–Crippen MR) is 104 cm³/mol. The normalized spacial score (nSPS) is 12.0. The second-order valence-electron chi connectivity index (χ2n) is 6.78. The number of hydrogen-bond donors (Lipinski definition) is 3. The number of phenolic OH excluding ortho intramolecular Hbond substituents is 1. The molecule has 1 aromatic carbocycles. The Bertz CT molecular complexity index is 891. The van der Waals surface area contributed by atoms with E-state index in [9.17, 15) is 19.8 Å².